The summed E-state index contributed by atoms with van der Waals surface area (Å²) in [5.74, 6) is 0.337. The minimum absolute atomic E-state index is 0.337. The maximum atomic E-state index is 6.01. The van der Waals surface area contributed by atoms with E-state index in [9.17, 15) is 0 Å². The molecule has 1 atom stereocenters. The molecule has 0 amide bonds. The molecule has 100 valence electrons. The first kappa shape index (κ1) is 13.3. The fourth-order valence-corrected chi connectivity index (χ4v) is 4.47. The summed E-state index contributed by atoms with van der Waals surface area (Å²) < 4.78 is 1.18. The quantitative estimate of drug-likeness (QED) is 0.879. The SMILES string of the molecule is NCC(c1ccc2c(c1)CCCC2)c1ccc(Br)s1. The van der Waals surface area contributed by atoms with Crippen molar-refractivity contribution in [2.24, 2.45) is 5.73 Å². The Kier molecular flexibility index (Phi) is 4.06. The molecular weight excluding hydrogens is 318 g/mol. The van der Waals surface area contributed by atoms with Gasteiger partial charge in [0.05, 0.1) is 3.79 Å². The first-order valence-electron chi connectivity index (χ1n) is 6.85. The molecule has 1 unspecified atom stereocenters. The minimum Gasteiger partial charge on any atom is -0.329 e. The molecule has 3 rings (SSSR count). The van der Waals surface area contributed by atoms with Crippen molar-refractivity contribution < 1.29 is 0 Å². The average molecular weight is 336 g/mol. The Balaban J connectivity index is 1.95. The van der Waals surface area contributed by atoms with Crippen LogP contribution in [0.3, 0.4) is 0 Å². The first-order chi connectivity index (χ1) is 9.28. The van der Waals surface area contributed by atoms with Gasteiger partial charge >= 0.3 is 0 Å². The van der Waals surface area contributed by atoms with Crippen molar-refractivity contribution in [2.75, 3.05) is 6.54 Å². The Morgan fingerprint density at radius 3 is 2.58 bits per heavy atom. The fraction of sp³-hybridized carbons (Fsp3) is 0.375. The number of hydrogen-bond acceptors (Lipinski definition) is 2. The van der Waals surface area contributed by atoms with Crippen LogP contribution in [0.1, 0.15) is 40.3 Å². The third-order valence-corrected chi connectivity index (χ3v) is 5.69. The van der Waals surface area contributed by atoms with Crippen molar-refractivity contribution in [3.05, 3.63) is 55.7 Å². The molecule has 1 aliphatic rings. The van der Waals surface area contributed by atoms with Gasteiger partial charge in [-0.2, -0.15) is 0 Å². The third kappa shape index (κ3) is 2.78. The first-order valence-corrected chi connectivity index (χ1v) is 8.46. The van der Waals surface area contributed by atoms with Gasteiger partial charge < -0.3 is 5.73 Å². The van der Waals surface area contributed by atoms with Gasteiger partial charge in [0.25, 0.3) is 0 Å². The molecule has 2 aromatic rings. The lowest BCUT2D eigenvalue weighted by Crippen LogP contribution is -2.14. The monoisotopic (exact) mass is 335 g/mol. The Morgan fingerprint density at radius 2 is 1.89 bits per heavy atom. The highest BCUT2D eigenvalue weighted by Crippen LogP contribution is 2.34. The Hall–Kier alpha value is -0.640. The van der Waals surface area contributed by atoms with Gasteiger partial charge in [0.15, 0.2) is 0 Å². The summed E-state index contributed by atoms with van der Waals surface area (Å²) in [6, 6.07) is 11.3. The van der Waals surface area contributed by atoms with Crippen LogP contribution < -0.4 is 5.73 Å². The van der Waals surface area contributed by atoms with Crippen LogP contribution in [0.4, 0.5) is 0 Å². The van der Waals surface area contributed by atoms with Gasteiger partial charge in [0, 0.05) is 17.3 Å². The van der Waals surface area contributed by atoms with E-state index in [1.165, 1.54) is 51.0 Å². The van der Waals surface area contributed by atoms with Crippen LogP contribution in [0.5, 0.6) is 0 Å². The van der Waals surface area contributed by atoms with Crippen molar-refractivity contribution in [3.8, 4) is 0 Å². The standard InChI is InChI=1S/C16H18BrNS/c17-16-8-7-15(19-16)14(10-18)13-6-5-11-3-1-2-4-12(11)9-13/h5-9,14H,1-4,10,18H2. The van der Waals surface area contributed by atoms with Gasteiger partial charge in [-0.3, -0.25) is 0 Å². The summed E-state index contributed by atoms with van der Waals surface area (Å²) in [7, 11) is 0. The summed E-state index contributed by atoms with van der Waals surface area (Å²) in [5.41, 5.74) is 10.5. The zero-order valence-electron chi connectivity index (χ0n) is 10.9. The number of nitrogens with two attached hydrogens (primary N) is 1. The van der Waals surface area contributed by atoms with Crippen LogP contribution in [0, 0.1) is 0 Å². The van der Waals surface area contributed by atoms with Gasteiger partial charge in [-0.05, 0) is 70.4 Å². The smallest absolute Gasteiger partial charge is 0.0701 e. The second-order valence-corrected chi connectivity index (χ2v) is 7.66. The van der Waals surface area contributed by atoms with Crippen LogP contribution in [-0.2, 0) is 12.8 Å². The predicted molar refractivity (Wildman–Crippen MR) is 86.0 cm³/mol. The molecule has 1 aliphatic carbocycles. The molecule has 0 bridgehead atoms. The van der Waals surface area contributed by atoms with Crippen LogP contribution >= 0.6 is 27.3 Å². The molecule has 1 aromatic heterocycles. The maximum Gasteiger partial charge on any atom is 0.0701 e. The third-order valence-electron chi connectivity index (χ3n) is 3.95. The van der Waals surface area contributed by atoms with E-state index in [1.807, 2.05) is 0 Å². The molecule has 0 saturated carbocycles. The largest absolute Gasteiger partial charge is 0.329 e. The Morgan fingerprint density at radius 1 is 1.11 bits per heavy atom. The van der Waals surface area contributed by atoms with E-state index in [4.69, 9.17) is 5.73 Å². The van der Waals surface area contributed by atoms with Crippen molar-refractivity contribution in [3.63, 3.8) is 0 Å². The molecule has 3 heteroatoms. The number of rotatable bonds is 3. The van der Waals surface area contributed by atoms with Crippen LogP contribution in [-0.4, -0.2) is 6.54 Å². The van der Waals surface area contributed by atoms with Crippen molar-refractivity contribution in [1.29, 1.82) is 0 Å². The highest BCUT2D eigenvalue weighted by Gasteiger charge is 2.17. The van der Waals surface area contributed by atoms with E-state index in [0.29, 0.717) is 12.5 Å². The number of benzene rings is 1. The molecule has 19 heavy (non-hydrogen) atoms. The lowest BCUT2D eigenvalue weighted by atomic mass is 9.87. The van der Waals surface area contributed by atoms with Crippen molar-refractivity contribution in [1.82, 2.24) is 0 Å². The van der Waals surface area contributed by atoms with Crippen molar-refractivity contribution >= 4 is 27.3 Å². The van der Waals surface area contributed by atoms with E-state index in [2.05, 4.69) is 46.3 Å². The summed E-state index contributed by atoms with van der Waals surface area (Å²) in [6.07, 6.45) is 5.14. The van der Waals surface area contributed by atoms with E-state index in [1.54, 1.807) is 11.3 Å². The lowest BCUT2D eigenvalue weighted by Gasteiger charge is -2.20. The van der Waals surface area contributed by atoms with Crippen molar-refractivity contribution in [2.45, 2.75) is 31.6 Å². The normalized spacial score (nSPS) is 16.1. The number of fused-ring (bicyclic) bond motifs is 1. The second kappa shape index (κ2) is 5.78. The molecule has 0 aliphatic heterocycles. The topological polar surface area (TPSA) is 26.0 Å². The highest BCUT2D eigenvalue weighted by molar-refractivity contribution is 9.11. The van der Waals surface area contributed by atoms with Gasteiger partial charge in [0.2, 0.25) is 0 Å². The lowest BCUT2D eigenvalue weighted by molar-refractivity contribution is 0.682. The summed E-state index contributed by atoms with van der Waals surface area (Å²) in [5, 5.41) is 0. The summed E-state index contributed by atoms with van der Waals surface area (Å²) >= 11 is 5.33. The molecule has 0 radical (unpaired) electrons. The number of hydrogen-bond donors (Lipinski definition) is 1. The van der Waals surface area contributed by atoms with Crippen LogP contribution in [0.2, 0.25) is 0 Å². The molecule has 1 aromatic carbocycles. The minimum atomic E-state index is 0.337. The summed E-state index contributed by atoms with van der Waals surface area (Å²) in [4.78, 5) is 1.35. The zero-order valence-corrected chi connectivity index (χ0v) is 13.3. The number of thiophene rings is 1. The molecule has 0 saturated heterocycles. The molecule has 0 spiro atoms. The fourth-order valence-electron chi connectivity index (χ4n) is 2.90. The van der Waals surface area contributed by atoms with E-state index < -0.39 is 0 Å². The highest BCUT2D eigenvalue weighted by atomic mass is 79.9. The second-order valence-electron chi connectivity index (χ2n) is 5.17. The Bertz CT molecular complexity index is 576. The van der Waals surface area contributed by atoms with E-state index >= 15 is 0 Å². The molecule has 1 heterocycles. The van der Waals surface area contributed by atoms with Gasteiger partial charge in [0.1, 0.15) is 0 Å². The van der Waals surface area contributed by atoms with Gasteiger partial charge in [-0.25, -0.2) is 0 Å². The number of aryl methyl sites for hydroxylation is 2. The van der Waals surface area contributed by atoms with Gasteiger partial charge in [-0.1, -0.05) is 18.2 Å². The maximum absolute atomic E-state index is 6.01. The molecular formula is C16H18BrNS. The number of halogens is 1. The van der Waals surface area contributed by atoms with E-state index in [-0.39, 0.29) is 0 Å². The zero-order chi connectivity index (χ0) is 13.2. The van der Waals surface area contributed by atoms with Crippen LogP contribution in [0.15, 0.2) is 34.1 Å². The van der Waals surface area contributed by atoms with Crippen LogP contribution in [0.25, 0.3) is 0 Å². The molecule has 0 fully saturated rings. The van der Waals surface area contributed by atoms with Gasteiger partial charge in [-0.15, -0.1) is 11.3 Å². The molecule has 2 N–H and O–H groups in total. The predicted octanol–water partition coefficient (Wildman–Crippen LogP) is 4.48. The Labute approximate surface area is 127 Å². The van der Waals surface area contributed by atoms with E-state index in [0.717, 1.165) is 0 Å². The average Bonchev–Trinajstić information content (AvgIpc) is 2.86. The summed E-state index contributed by atoms with van der Waals surface area (Å²) in [6.45, 7) is 0.672. The molecule has 1 nitrogen and oxygen atoms in total.